The minimum absolute atomic E-state index is 0.388. The van der Waals surface area contributed by atoms with Crippen LogP contribution in [0.1, 0.15) is 50.8 Å². The van der Waals surface area contributed by atoms with Crippen molar-refractivity contribution < 1.29 is 14.3 Å². The van der Waals surface area contributed by atoms with Crippen LogP contribution in [0, 0.1) is 6.92 Å². The highest BCUT2D eigenvalue weighted by Gasteiger charge is 2.39. The first-order valence-corrected chi connectivity index (χ1v) is 6.72. The number of fused-ring (bicyclic) bond motifs is 1. The van der Waals surface area contributed by atoms with E-state index in [4.69, 9.17) is 9.47 Å². The molecule has 0 aromatic heterocycles. The predicted molar refractivity (Wildman–Crippen MR) is 74.4 cm³/mol. The van der Waals surface area contributed by atoms with E-state index in [0.717, 1.165) is 29.6 Å². The van der Waals surface area contributed by atoms with Gasteiger partial charge in [0.05, 0.1) is 5.60 Å². The van der Waals surface area contributed by atoms with Gasteiger partial charge in [-0.2, -0.15) is 0 Å². The van der Waals surface area contributed by atoms with E-state index in [9.17, 15) is 4.79 Å². The van der Waals surface area contributed by atoms with E-state index in [0.29, 0.717) is 6.42 Å². The van der Waals surface area contributed by atoms with E-state index in [1.54, 1.807) is 0 Å². The number of aldehydes is 1. The number of hydrogen-bond acceptors (Lipinski definition) is 3. The van der Waals surface area contributed by atoms with Gasteiger partial charge in [0.25, 0.3) is 0 Å². The number of ether oxygens (including phenoxy) is 2. The van der Waals surface area contributed by atoms with Crippen LogP contribution in [0.15, 0.2) is 12.1 Å². The zero-order valence-electron chi connectivity index (χ0n) is 12.4. The van der Waals surface area contributed by atoms with Gasteiger partial charge in [-0.25, -0.2) is 0 Å². The second-order valence-electron chi connectivity index (χ2n) is 6.09. The van der Waals surface area contributed by atoms with Crippen LogP contribution in [0.5, 0.6) is 5.75 Å². The van der Waals surface area contributed by atoms with Gasteiger partial charge in [-0.15, -0.1) is 0 Å². The molecule has 0 saturated carbocycles. The molecule has 19 heavy (non-hydrogen) atoms. The molecule has 0 unspecified atom stereocenters. The topological polar surface area (TPSA) is 35.5 Å². The van der Waals surface area contributed by atoms with E-state index >= 15 is 0 Å². The Bertz CT molecular complexity index is 501. The van der Waals surface area contributed by atoms with Crippen molar-refractivity contribution in [3.8, 4) is 5.75 Å². The molecule has 104 valence electrons. The van der Waals surface area contributed by atoms with E-state index in [-0.39, 0.29) is 5.60 Å². The Morgan fingerprint density at radius 3 is 2.53 bits per heavy atom. The minimum atomic E-state index is -0.618. The number of aryl methyl sites for hydroxylation is 2. The third kappa shape index (κ3) is 2.81. The summed E-state index contributed by atoms with van der Waals surface area (Å²) in [5.74, 6) is 0.265. The van der Waals surface area contributed by atoms with Gasteiger partial charge < -0.3 is 14.3 Å². The molecule has 1 heterocycles. The van der Waals surface area contributed by atoms with Crippen molar-refractivity contribution in [3.63, 3.8) is 0 Å². The zero-order valence-corrected chi connectivity index (χ0v) is 12.4. The van der Waals surface area contributed by atoms with E-state index in [2.05, 4.69) is 32.9 Å². The molecule has 0 atom stereocenters. The van der Waals surface area contributed by atoms with Gasteiger partial charge >= 0.3 is 0 Å². The summed E-state index contributed by atoms with van der Waals surface area (Å²) < 4.78 is 11.9. The second-order valence-corrected chi connectivity index (χ2v) is 6.09. The maximum Gasteiger partial charge on any atom is 0.205 e. The number of benzene rings is 1. The van der Waals surface area contributed by atoms with Crippen LogP contribution >= 0.6 is 0 Å². The summed E-state index contributed by atoms with van der Waals surface area (Å²) in [4.78, 5) is 10.5. The van der Waals surface area contributed by atoms with Gasteiger partial charge in [-0.3, -0.25) is 0 Å². The first-order chi connectivity index (χ1) is 8.75. The van der Waals surface area contributed by atoms with Crippen LogP contribution in [0.25, 0.3) is 0 Å². The van der Waals surface area contributed by atoms with E-state index < -0.39 is 5.79 Å². The number of carbonyl (C=O) groups is 1. The second kappa shape index (κ2) is 4.64. The number of carbonyl (C=O) groups excluding carboxylic acids is 1. The Morgan fingerprint density at radius 2 is 1.89 bits per heavy atom. The molecule has 0 aliphatic carbocycles. The standard InChI is InChI=1S/C16H22O3/c1-11-9-14-13(10-12(11)7-6-8-17)15(2,3)19-16(4,5)18-14/h8-10H,6-7H2,1-5H3. The zero-order chi connectivity index (χ0) is 14.3. The number of hydrogen-bond donors (Lipinski definition) is 0. The lowest BCUT2D eigenvalue weighted by atomic mass is 9.90. The molecular weight excluding hydrogens is 240 g/mol. The molecule has 0 radical (unpaired) electrons. The normalized spacial score (nSPS) is 19.4. The van der Waals surface area contributed by atoms with Crippen molar-refractivity contribution in [2.24, 2.45) is 0 Å². The van der Waals surface area contributed by atoms with Crippen molar-refractivity contribution in [2.45, 2.75) is 58.8 Å². The third-order valence-electron chi connectivity index (χ3n) is 3.47. The molecule has 0 saturated heterocycles. The Hall–Kier alpha value is -1.35. The quantitative estimate of drug-likeness (QED) is 0.782. The average molecular weight is 262 g/mol. The Morgan fingerprint density at radius 1 is 1.21 bits per heavy atom. The molecule has 0 fully saturated rings. The Balaban J connectivity index is 2.47. The van der Waals surface area contributed by atoms with Gasteiger partial charge in [0.15, 0.2) is 0 Å². The Labute approximate surface area is 114 Å². The molecule has 0 amide bonds. The minimum Gasteiger partial charge on any atom is -0.463 e. The van der Waals surface area contributed by atoms with Gasteiger partial charge in [0.2, 0.25) is 5.79 Å². The van der Waals surface area contributed by atoms with Gasteiger partial charge in [-0.05, 0) is 50.5 Å². The van der Waals surface area contributed by atoms with Crippen molar-refractivity contribution in [1.29, 1.82) is 0 Å². The monoisotopic (exact) mass is 262 g/mol. The largest absolute Gasteiger partial charge is 0.463 e. The fourth-order valence-corrected chi connectivity index (χ4v) is 2.72. The van der Waals surface area contributed by atoms with Crippen molar-refractivity contribution in [2.75, 3.05) is 0 Å². The lowest BCUT2D eigenvalue weighted by Gasteiger charge is -2.43. The molecule has 0 N–H and O–H groups in total. The van der Waals surface area contributed by atoms with Gasteiger partial charge in [-0.1, -0.05) is 0 Å². The molecule has 0 spiro atoms. The highest BCUT2D eigenvalue weighted by molar-refractivity contribution is 5.52. The average Bonchev–Trinajstić information content (AvgIpc) is 2.24. The summed E-state index contributed by atoms with van der Waals surface area (Å²) in [5, 5.41) is 0. The molecule has 0 bridgehead atoms. The highest BCUT2D eigenvalue weighted by atomic mass is 16.7. The molecular formula is C16H22O3. The SMILES string of the molecule is Cc1cc2c(cc1CCC=O)C(C)(C)OC(C)(C)O2. The smallest absolute Gasteiger partial charge is 0.205 e. The summed E-state index contributed by atoms with van der Waals surface area (Å²) in [6.07, 6.45) is 2.27. The van der Waals surface area contributed by atoms with Gasteiger partial charge in [0, 0.05) is 25.8 Å². The van der Waals surface area contributed by atoms with Crippen LogP contribution in [-0.4, -0.2) is 12.1 Å². The molecule has 3 heteroatoms. The first-order valence-electron chi connectivity index (χ1n) is 6.72. The molecule has 2 rings (SSSR count). The third-order valence-corrected chi connectivity index (χ3v) is 3.47. The first kappa shape index (κ1) is 14.1. The lowest BCUT2D eigenvalue weighted by molar-refractivity contribution is -0.241. The number of rotatable bonds is 3. The summed E-state index contributed by atoms with van der Waals surface area (Å²) in [5.41, 5.74) is 3.01. The van der Waals surface area contributed by atoms with E-state index in [1.165, 1.54) is 5.56 Å². The van der Waals surface area contributed by atoms with Crippen LogP contribution in [-0.2, 0) is 21.6 Å². The molecule has 1 aromatic carbocycles. The predicted octanol–water partition coefficient (Wildman–Crippen LogP) is 3.51. The summed E-state index contributed by atoms with van der Waals surface area (Å²) in [6, 6.07) is 4.17. The molecule has 1 aromatic rings. The molecule has 1 aliphatic rings. The van der Waals surface area contributed by atoms with Crippen LogP contribution in [0.2, 0.25) is 0 Å². The van der Waals surface area contributed by atoms with E-state index in [1.807, 2.05) is 13.8 Å². The van der Waals surface area contributed by atoms with Crippen LogP contribution in [0.4, 0.5) is 0 Å². The van der Waals surface area contributed by atoms with Crippen molar-refractivity contribution in [1.82, 2.24) is 0 Å². The summed E-state index contributed by atoms with van der Waals surface area (Å²) in [7, 11) is 0. The van der Waals surface area contributed by atoms with Gasteiger partial charge in [0.1, 0.15) is 12.0 Å². The molecule has 1 aliphatic heterocycles. The summed E-state index contributed by atoms with van der Waals surface area (Å²) in [6.45, 7) is 10.0. The maximum absolute atomic E-state index is 10.5. The molecule has 3 nitrogen and oxygen atoms in total. The maximum atomic E-state index is 10.5. The highest BCUT2D eigenvalue weighted by Crippen LogP contribution is 2.43. The van der Waals surface area contributed by atoms with Crippen LogP contribution in [0.3, 0.4) is 0 Å². The lowest BCUT2D eigenvalue weighted by Crippen LogP contribution is -2.44. The van der Waals surface area contributed by atoms with Crippen molar-refractivity contribution >= 4 is 6.29 Å². The summed E-state index contributed by atoms with van der Waals surface area (Å²) >= 11 is 0. The fraction of sp³-hybridized carbons (Fsp3) is 0.562. The fourth-order valence-electron chi connectivity index (χ4n) is 2.72. The van der Waals surface area contributed by atoms with Crippen molar-refractivity contribution in [3.05, 3.63) is 28.8 Å². The van der Waals surface area contributed by atoms with Crippen LogP contribution < -0.4 is 4.74 Å². The Kier molecular flexibility index (Phi) is 3.43.